The molecule has 2 aromatic carbocycles. The van der Waals surface area contributed by atoms with Crippen molar-refractivity contribution in [1.29, 1.82) is 0 Å². The monoisotopic (exact) mass is 360 g/mol. The van der Waals surface area contributed by atoms with E-state index in [-0.39, 0.29) is 0 Å². The Balaban J connectivity index is 1.87. The van der Waals surface area contributed by atoms with Crippen LogP contribution in [0.1, 0.15) is 50.2 Å². The van der Waals surface area contributed by atoms with E-state index in [2.05, 4.69) is 55.6 Å². The van der Waals surface area contributed by atoms with Gasteiger partial charge in [0.05, 0.1) is 13.7 Å². The number of benzene rings is 2. The van der Waals surface area contributed by atoms with Gasteiger partial charge >= 0.3 is 0 Å². The van der Waals surface area contributed by atoms with Gasteiger partial charge in [-0.2, -0.15) is 0 Å². The van der Waals surface area contributed by atoms with Crippen molar-refractivity contribution in [3.63, 3.8) is 0 Å². The summed E-state index contributed by atoms with van der Waals surface area (Å²) in [5, 5.41) is 3.20. The average Bonchev–Trinajstić information content (AvgIpc) is 2.62. The molecular weight excluding hydrogens is 330 g/mol. The second-order valence-corrected chi connectivity index (χ2v) is 7.57. The van der Waals surface area contributed by atoms with E-state index >= 15 is 0 Å². The predicted molar refractivity (Wildman–Crippen MR) is 106 cm³/mol. The lowest BCUT2D eigenvalue weighted by Crippen LogP contribution is -2.82. The Morgan fingerprint density at radius 3 is 2.20 bits per heavy atom. The van der Waals surface area contributed by atoms with Crippen LogP contribution in [0.25, 0.3) is 0 Å². The molecule has 0 amide bonds. The third kappa shape index (κ3) is 7.09. The molecule has 2 aromatic rings. The first-order chi connectivity index (χ1) is 12.1. The van der Waals surface area contributed by atoms with Crippen LogP contribution in [0.15, 0.2) is 48.5 Å². The number of hydrogen-bond donors (Lipinski definition) is 1. The Hall–Kier alpha value is -1.51. The Bertz CT molecular complexity index is 607. The molecule has 0 unspecified atom stereocenters. The summed E-state index contributed by atoms with van der Waals surface area (Å²) >= 11 is 5.95. The van der Waals surface area contributed by atoms with Gasteiger partial charge in [-0.3, -0.25) is 0 Å². The van der Waals surface area contributed by atoms with Crippen LogP contribution < -0.4 is 10.1 Å². The summed E-state index contributed by atoms with van der Waals surface area (Å²) in [4.78, 5) is 0. The van der Waals surface area contributed by atoms with Crippen molar-refractivity contribution in [2.24, 2.45) is 5.92 Å². The topological polar surface area (TPSA) is 25.8 Å². The number of methoxy groups -OCH3 is 1. The first-order valence-electron chi connectivity index (χ1n) is 9.28. The summed E-state index contributed by atoms with van der Waals surface area (Å²) in [7, 11) is 1.72. The highest BCUT2D eigenvalue weighted by Crippen LogP contribution is 2.27. The molecule has 0 fully saturated rings. The fraction of sp³-hybridized carbons (Fsp3) is 0.455. The van der Waals surface area contributed by atoms with E-state index in [9.17, 15) is 0 Å². The van der Waals surface area contributed by atoms with E-state index < -0.39 is 0 Å². The van der Waals surface area contributed by atoms with Crippen LogP contribution in [-0.4, -0.2) is 13.7 Å². The smallest absolute Gasteiger partial charge is 0.118 e. The van der Waals surface area contributed by atoms with Crippen molar-refractivity contribution < 1.29 is 10.1 Å². The van der Waals surface area contributed by atoms with Gasteiger partial charge in [0, 0.05) is 17.0 Å². The molecule has 0 heterocycles. The fourth-order valence-electron chi connectivity index (χ4n) is 3.10. The van der Waals surface area contributed by atoms with Gasteiger partial charge in [-0.15, -0.1) is 0 Å². The summed E-state index contributed by atoms with van der Waals surface area (Å²) in [6.45, 7) is 6.75. The second kappa shape index (κ2) is 10.5. The van der Waals surface area contributed by atoms with Crippen molar-refractivity contribution in [2.75, 3.05) is 13.7 Å². The highest BCUT2D eigenvalue weighted by atomic mass is 35.5. The first kappa shape index (κ1) is 19.8. The Morgan fingerprint density at radius 1 is 0.920 bits per heavy atom. The van der Waals surface area contributed by atoms with E-state index in [0.717, 1.165) is 29.8 Å². The average molecular weight is 361 g/mol. The Kier molecular flexibility index (Phi) is 8.30. The SMILES string of the molecule is COc1ccc([C@H](CC[NH2+]Cc2ccc(Cl)cc2)CCC(C)C)cc1. The number of quaternary nitrogens is 1. The molecule has 0 aliphatic heterocycles. The molecule has 25 heavy (non-hydrogen) atoms. The molecule has 0 aliphatic carbocycles. The van der Waals surface area contributed by atoms with Crippen molar-refractivity contribution >= 4 is 11.6 Å². The Morgan fingerprint density at radius 2 is 1.60 bits per heavy atom. The molecule has 2 nitrogen and oxygen atoms in total. The summed E-state index contributed by atoms with van der Waals surface area (Å²) < 4.78 is 5.29. The normalized spacial score (nSPS) is 12.4. The van der Waals surface area contributed by atoms with Crippen LogP contribution >= 0.6 is 11.6 Å². The van der Waals surface area contributed by atoms with Gasteiger partial charge in [-0.05, 0) is 48.1 Å². The largest absolute Gasteiger partial charge is 0.497 e. The molecule has 0 radical (unpaired) electrons. The fourth-order valence-corrected chi connectivity index (χ4v) is 3.22. The standard InChI is InChI=1S/C22H30ClNO/c1-17(2)4-7-20(19-8-12-22(25-3)13-9-19)14-15-24-16-18-5-10-21(23)11-6-18/h5-6,8-13,17,20,24H,4,7,14-16H2,1-3H3/p+1/t20-/m0/s1. The zero-order valence-corrected chi connectivity index (χ0v) is 16.4. The van der Waals surface area contributed by atoms with Crippen LogP contribution in [0.4, 0.5) is 0 Å². The molecular formula is C22H31ClNO+. The summed E-state index contributed by atoms with van der Waals surface area (Å²) in [5.74, 6) is 2.30. The molecule has 0 aromatic heterocycles. The quantitative estimate of drug-likeness (QED) is 0.591. The van der Waals surface area contributed by atoms with Crippen molar-refractivity contribution in [2.45, 2.75) is 45.6 Å². The van der Waals surface area contributed by atoms with Gasteiger partial charge in [0.25, 0.3) is 0 Å². The number of hydrogen-bond acceptors (Lipinski definition) is 1. The second-order valence-electron chi connectivity index (χ2n) is 7.14. The van der Waals surface area contributed by atoms with Gasteiger partial charge in [0.2, 0.25) is 0 Å². The number of ether oxygens (including phenoxy) is 1. The Labute approximate surface area is 157 Å². The molecule has 0 bridgehead atoms. The minimum atomic E-state index is 0.620. The third-order valence-corrected chi connectivity index (χ3v) is 4.94. The van der Waals surface area contributed by atoms with Crippen molar-refractivity contribution in [3.05, 3.63) is 64.7 Å². The van der Waals surface area contributed by atoms with E-state index in [1.165, 1.54) is 30.4 Å². The highest BCUT2D eigenvalue weighted by molar-refractivity contribution is 6.30. The number of nitrogens with two attached hydrogens (primary N) is 1. The van der Waals surface area contributed by atoms with Gasteiger partial charge in [-0.25, -0.2) is 0 Å². The molecule has 0 saturated carbocycles. The highest BCUT2D eigenvalue weighted by Gasteiger charge is 2.13. The molecule has 3 heteroatoms. The third-order valence-electron chi connectivity index (χ3n) is 4.69. The van der Waals surface area contributed by atoms with E-state index in [4.69, 9.17) is 16.3 Å². The zero-order valence-electron chi connectivity index (χ0n) is 15.7. The van der Waals surface area contributed by atoms with Crippen molar-refractivity contribution in [3.8, 4) is 5.75 Å². The molecule has 0 aliphatic rings. The lowest BCUT2D eigenvalue weighted by Gasteiger charge is -2.18. The maximum absolute atomic E-state index is 5.95. The van der Waals surface area contributed by atoms with E-state index in [1.807, 2.05) is 12.1 Å². The summed E-state index contributed by atoms with van der Waals surface area (Å²) in [6.07, 6.45) is 3.72. The van der Waals surface area contributed by atoms with Gasteiger partial charge in [0.1, 0.15) is 12.3 Å². The maximum atomic E-state index is 5.95. The lowest BCUT2D eigenvalue weighted by atomic mass is 9.88. The molecule has 2 N–H and O–H groups in total. The minimum Gasteiger partial charge on any atom is -0.497 e. The van der Waals surface area contributed by atoms with Gasteiger partial charge in [-0.1, -0.05) is 56.1 Å². The molecule has 0 saturated heterocycles. The van der Waals surface area contributed by atoms with Gasteiger partial charge in [0.15, 0.2) is 0 Å². The van der Waals surface area contributed by atoms with Crippen LogP contribution in [0.2, 0.25) is 5.02 Å². The van der Waals surface area contributed by atoms with Crippen LogP contribution in [0, 0.1) is 5.92 Å². The van der Waals surface area contributed by atoms with Crippen LogP contribution in [0.5, 0.6) is 5.75 Å². The molecule has 0 spiro atoms. The summed E-state index contributed by atoms with van der Waals surface area (Å²) in [5.41, 5.74) is 2.76. The van der Waals surface area contributed by atoms with E-state index in [1.54, 1.807) is 7.11 Å². The lowest BCUT2D eigenvalue weighted by molar-refractivity contribution is -0.671. The molecule has 1 atom stereocenters. The van der Waals surface area contributed by atoms with Gasteiger partial charge < -0.3 is 10.1 Å². The zero-order chi connectivity index (χ0) is 18.1. The minimum absolute atomic E-state index is 0.620. The number of halogens is 1. The van der Waals surface area contributed by atoms with Crippen LogP contribution in [-0.2, 0) is 6.54 Å². The first-order valence-corrected chi connectivity index (χ1v) is 9.66. The summed E-state index contributed by atoms with van der Waals surface area (Å²) in [6, 6.07) is 16.8. The van der Waals surface area contributed by atoms with Crippen molar-refractivity contribution in [1.82, 2.24) is 0 Å². The van der Waals surface area contributed by atoms with Crippen LogP contribution in [0.3, 0.4) is 0 Å². The van der Waals surface area contributed by atoms with E-state index in [0.29, 0.717) is 5.92 Å². The number of rotatable bonds is 10. The molecule has 2 rings (SSSR count). The maximum Gasteiger partial charge on any atom is 0.118 e. The predicted octanol–water partition coefficient (Wildman–Crippen LogP) is 5.02. The molecule has 136 valence electrons.